The number of nitrogens with two attached hydrogens (primary N) is 1. The molecular formula is C16H17N3O2. The Balaban J connectivity index is 2.11. The highest BCUT2D eigenvalue weighted by atomic mass is 16.2. The lowest BCUT2D eigenvalue weighted by Crippen LogP contribution is -2.32. The van der Waals surface area contributed by atoms with Crippen molar-refractivity contribution in [2.24, 2.45) is 0 Å². The van der Waals surface area contributed by atoms with Crippen molar-refractivity contribution in [2.75, 3.05) is 12.8 Å². The van der Waals surface area contributed by atoms with E-state index in [-0.39, 0.29) is 23.1 Å². The average molecular weight is 283 g/mol. The van der Waals surface area contributed by atoms with Crippen molar-refractivity contribution < 1.29 is 4.79 Å². The third-order valence-electron chi connectivity index (χ3n) is 4.06. The number of pyridine rings is 1. The number of hydrogen-bond acceptors (Lipinski definition) is 3. The molecule has 2 aromatic rings. The summed E-state index contributed by atoms with van der Waals surface area (Å²) in [5.74, 6) is -0.361. The Labute approximate surface area is 122 Å². The van der Waals surface area contributed by atoms with Gasteiger partial charge in [-0.25, -0.2) is 0 Å². The molecule has 1 heterocycles. The zero-order valence-corrected chi connectivity index (χ0v) is 11.8. The van der Waals surface area contributed by atoms with Gasteiger partial charge in [0, 0.05) is 18.9 Å². The summed E-state index contributed by atoms with van der Waals surface area (Å²) in [7, 11) is 1.52. The fourth-order valence-corrected chi connectivity index (χ4v) is 3.01. The zero-order chi connectivity index (χ0) is 15.0. The van der Waals surface area contributed by atoms with Crippen LogP contribution in [0.5, 0.6) is 0 Å². The van der Waals surface area contributed by atoms with E-state index in [1.807, 2.05) is 18.2 Å². The van der Waals surface area contributed by atoms with E-state index in [9.17, 15) is 9.59 Å². The number of amides is 1. The van der Waals surface area contributed by atoms with E-state index in [1.54, 1.807) is 22.9 Å². The van der Waals surface area contributed by atoms with Crippen LogP contribution in [0.15, 0.2) is 41.3 Å². The van der Waals surface area contributed by atoms with Gasteiger partial charge < -0.3 is 15.6 Å². The maximum Gasteiger partial charge on any atom is 0.263 e. The molecule has 1 aliphatic rings. The van der Waals surface area contributed by atoms with Gasteiger partial charge in [-0.2, -0.15) is 0 Å². The van der Waals surface area contributed by atoms with E-state index in [4.69, 9.17) is 5.73 Å². The summed E-state index contributed by atoms with van der Waals surface area (Å²) in [4.78, 5) is 24.3. The van der Waals surface area contributed by atoms with E-state index in [0.29, 0.717) is 0 Å². The van der Waals surface area contributed by atoms with Crippen LogP contribution in [0.2, 0.25) is 0 Å². The molecule has 1 aromatic heterocycles. The van der Waals surface area contributed by atoms with Gasteiger partial charge in [-0.1, -0.05) is 12.1 Å². The second kappa shape index (κ2) is 5.09. The Bertz CT molecular complexity index is 764. The summed E-state index contributed by atoms with van der Waals surface area (Å²) in [5, 5.41) is 2.50. The second-order valence-electron chi connectivity index (χ2n) is 5.18. The number of anilines is 1. The van der Waals surface area contributed by atoms with Crippen LogP contribution in [-0.4, -0.2) is 17.5 Å². The lowest BCUT2D eigenvalue weighted by Gasteiger charge is -2.16. The van der Waals surface area contributed by atoms with Crippen LogP contribution in [0, 0.1) is 0 Å². The number of rotatable bonds is 2. The van der Waals surface area contributed by atoms with Gasteiger partial charge in [0.15, 0.2) is 0 Å². The van der Waals surface area contributed by atoms with Crippen molar-refractivity contribution in [3.63, 3.8) is 0 Å². The summed E-state index contributed by atoms with van der Waals surface area (Å²) >= 11 is 0. The Kier molecular flexibility index (Phi) is 3.25. The van der Waals surface area contributed by atoms with Gasteiger partial charge in [-0.05, 0) is 42.2 Å². The van der Waals surface area contributed by atoms with Crippen LogP contribution in [0.4, 0.5) is 5.69 Å². The Morgan fingerprint density at radius 2 is 2.14 bits per heavy atom. The number of nitrogen functional groups attached to an aromatic ring is 1. The molecule has 3 N–H and O–H groups in total. The normalized spacial score (nSPS) is 16.5. The monoisotopic (exact) mass is 283 g/mol. The maximum absolute atomic E-state index is 12.5. The molecule has 108 valence electrons. The van der Waals surface area contributed by atoms with E-state index < -0.39 is 0 Å². The molecule has 0 spiro atoms. The molecule has 1 atom stereocenters. The summed E-state index contributed by atoms with van der Waals surface area (Å²) in [6, 6.07) is 9.01. The third-order valence-corrected chi connectivity index (χ3v) is 4.06. The van der Waals surface area contributed by atoms with Crippen LogP contribution in [0.3, 0.4) is 0 Å². The lowest BCUT2D eigenvalue weighted by atomic mass is 10.1. The van der Waals surface area contributed by atoms with E-state index >= 15 is 0 Å². The molecule has 1 amide bonds. The molecule has 1 aromatic carbocycles. The SMILES string of the molecule is CNC(=O)c1cccn(C2CCc3c(N)cccc32)c1=O. The van der Waals surface area contributed by atoms with Crippen molar-refractivity contribution in [3.8, 4) is 0 Å². The first kappa shape index (κ1) is 13.4. The van der Waals surface area contributed by atoms with Crippen molar-refractivity contribution in [1.82, 2.24) is 9.88 Å². The fourth-order valence-electron chi connectivity index (χ4n) is 3.01. The van der Waals surface area contributed by atoms with Gasteiger partial charge in [0.2, 0.25) is 0 Å². The molecule has 0 bridgehead atoms. The predicted octanol–water partition coefficient (Wildman–Crippen LogP) is 1.33. The fraction of sp³-hybridized carbons (Fsp3) is 0.250. The number of carbonyl (C=O) groups is 1. The maximum atomic E-state index is 12.5. The highest BCUT2D eigenvalue weighted by Crippen LogP contribution is 2.36. The summed E-state index contributed by atoms with van der Waals surface area (Å²) < 4.78 is 1.63. The highest BCUT2D eigenvalue weighted by Gasteiger charge is 2.26. The first-order valence-electron chi connectivity index (χ1n) is 6.94. The van der Waals surface area contributed by atoms with Crippen LogP contribution in [0.1, 0.15) is 33.9 Å². The van der Waals surface area contributed by atoms with Gasteiger partial charge in [0.05, 0.1) is 6.04 Å². The number of aromatic nitrogens is 1. The molecule has 5 nitrogen and oxygen atoms in total. The van der Waals surface area contributed by atoms with Gasteiger partial charge >= 0.3 is 0 Å². The largest absolute Gasteiger partial charge is 0.398 e. The standard InChI is InChI=1S/C16H17N3O2/c1-18-15(20)12-5-3-9-19(16(12)21)14-8-7-10-11(14)4-2-6-13(10)17/h2-6,9,14H,7-8,17H2,1H3,(H,18,20). The molecule has 0 aliphatic heterocycles. The first-order chi connectivity index (χ1) is 10.1. The van der Waals surface area contributed by atoms with Crippen molar-refractivity contribution >= 4 is 11.6 Å². The minimum Gasteiger partial charge on any atom is -0.398 e. The molecule has 1 unspecified atom stereocenters. The molecule has 0 saturated heterocycles. The molecule has 0 radical (unpaired) electrons. The second-order valence-corrected chi connectivity index (χ2v) is 5.18. The summed E-state index contributed by atoms with van der Waals surface area (Å²) in [5.41, 5.74) is 8.85. The van der Waals surface area contributed by atoms with Gasteiger partial charge in [-0.3, -0.25) is 9.59 Å². The summed E-state index contributed by atoms with van der Waals surface area (Å²) in [6.45, 7) is 0. The van der Waals surface area contributed by atoms with E-state index in [0.717, 1.165) is 29.7 Å². The van der Waals surface area contributed by atoms with Crippen LogP contribution >= 0.6 is 0 Å². The number of nitrogens with one attached hydrogen (secondary N) is 1. The molecule has 0 fully saturated rings. The number of nitrogens with zero attached hydrogens (tertiary/aromatic N) is 1. The quantitative estimate of drug-likeness (QED) is 0.816. The topological polar surface area (TPSA) is 77.1 Å². The van der Waals surface area contributed by atoms with Crippen molar-refractivity contribution in [2.45, 2.75) is 18.9 Å². The third kappa shape index (κ3) is 2.11. The Morgan fingerprint density at radius 1 is 1.33 bits per heavy atom. The number of carbonyl (C=O) groups excluding carboxylic acids is 1. The molecule has 21 heavy (non-hydrogen) atoms. The molecule has 3 rings (SSSR count). The Morgan fingerprint density at radius 3 is 2.90 bits per heavy atom. The molecule has 5 heteroatoms. The van der Waals surface area contributed by atoms with Crippen molar-refractivity contribution in [3.05, 3.63) is 63.6 Å². The number of fused-ring (bicyclic) bond motifs is 1. The van der Waals surface area contributed by atoms with E-state index in [1.165, 1.54) is 7.05 Å². The molecular weight excluding hydrogens is 266 g/mol. The minimum atomic E-state index is -0.361. The first-order valence-corrected chi connectivity index (χ1v) is 6.94. The van der Waals surface area contributed by atoms with Crippen LogP contribution in [-0.2, 0) is 6.42 Å². The van der Waals surface area contributed by atoms with Gasteiger partial charge in [0.1, 0.15) is 5.56 Å². The molecule has 1 aliphatic carbocycles. The smallest absolute Gasteiger partial charge is 0.263 e. The van der Waals surface area contributed by atoms with Gasteiger partial charge in [-0.15, -0.1) is 0 Å². The molecule has 0 saturated carbocycles. The van der Waals surface area contributed by atoms with Crippen LogP contribution < -0.4 is 16.6 Å². The van der Waals surface area contributed by atoms with Gasteiger partial charge in [0.25, 0.3) is 11.5 Å². The van der Waals surface area contributed by atoms with Crippen molar-refractivity contribution in [1.29, 1.82) is 0 Å². The Hall–Kier alpha value is -2.56. The zero-order valence-electron chi connectivity index (χ0n) is 11.8. The number of hydrogen-bond donors (Lipinski definition) is 2. The predicted molar refractivity (Wildman–Crippen MR) is 81.4 cm³/mol. The number of benzene rings is 1. The lowest BCUT2D eigenvalue weighted by molar-refractivity contribution is 0.0961. The average Bonchev–Trinajstić information content (AvgIpc) is 2.92. The highest BCUT2D eigenvalue weighted by molar-refractivity contribution is 5.93. The summed E-state index contributed by atoms with van der Waals surface area (Å²) in [6.07, 6.45) is 3.40. The minimum absolute atomic E-state index is 0.0550. The van der Waals surface area contributed by atoms with E-state index in [2.05, 4.69) is 5.32 Å². The van der Waals surface area contributed by atoms with Crippen LogP contribution in [0.25, 0.3) is 0 Å².